The van der Waals surface area contributed by atoms with Crippen LogP contribution in [0.1, 0.15) is 14.8 Å². The maximum atomic E-state index is 8.63. The number of aromatic hydroxyl groups is 3. The van der Waals surface area contributed by atoms with Gasteiger partial charge in [-0.3, -0.25) is 0 Å². The van der Waals surface area contributed by atoms with E-state index in [-0.39, 0.29) is 0 Å². The van der Waals surface area contributed by atoms with Gasteiger partial charge in [0, 0.05) is 0 Å². The summed E-state index contributed by atoms with van der Waals surface area (Å²) in [5.74, 6) is 0.965. The fraction of sp³-hybridized carbons (Fsp3) is 0.0323. The molecule has 0 saturated carbocycles. The third-order valence-electron chi connectivity index (χ3n) is 5.10. The number of hydrogen-bond acceptors (Lipinski definition) is 3. The molecule has 6 rings (SSSR count). The van der Waals surface area contributed by atoms with Gasteiger partial charge >= 0.3 is 99.1 Å². The van der Waals surface area contributed by atoms with Gasteiger partial charge in [0.2, 0.25) is 0 Å². The summed E-state index contributed by atoms with van der Waals surface area (Å²) >= 11 is 1.58. The second-order valence-electron chi connectivity index (χ2n) is 7.61. The number of phenolic OH excluding ortho intramolecular Hbond substituents is 3. The van der Waals surface area contributed by atoms with Gasteiger partial charge in [0.25, 0.3) is 0 Å². The van der Waals surface area contributed by atoms with E-state index in [1.165, 1.54) is 22.3 Å². The van der Waals surface area contributed by atoms with Gasteiger partial charge in [0.1, 0.15) is 17.2 Å². The number of fused-ring (bicyclic) bond motifs is 3. The summed E-state index contributed by atoms with van der Waals surface area (Å²) in [7, 11) is 0. The molecule has 0 aliphatic heterocycles. The first-order valence-electron chi connectivity index (χ1n) is 11.2. The van der Waals surface area contributed by atoms with Crippen molar-refractivity contribution in [1.82, 2.24) is 0 Å². The number of para-hydroxylation sites is 3. The zero-order valence-electron chi connectivity index (χ0n) is 19.2. The molecule has 0 saturated heterocycles. The topological polar surface area (TPSA) is 60.7 Å². The Bertz CT molecular complexity index is 1140. The number of benzene rings is 5. The summed E-state index contributed by atoms with van der Waals surface area (Å²) in [6.07, 6.45) is 0. The van der Waals surface area contributed by atoms with E-state index in [0.29, 0.717) is 20.9 Å². The number of phenols is 3. The Morgan fingerprint density at radius 2 is 0.629 bits per heavy atom. The summed E-state index contributed by atoms with van der Waals surface area (Å²) in [5.41, 5.74) is 5.88. The average molecular weight is 539 g/mol. The molecule has 5 aromatic rings. The Hall–Kier alpha value is -3.62. The van der Waals surface area contributed by atoms with E-state index in [9.17, 15) is 0 Å². The van der Waals surface area contributed by atoms with Gasteiger partial charge in [-0.25, -0.2) is 0 Å². The van der Waals surface area contributed by atoms with Crippen LogP contribution < -0.4 is 0 Å². The molecule has 5 aromatic carbocycles. The van der Waals surface area contributed by atoms with Crippen LogP contribution in [0.2, 0.25) is 0 Å². The second kappa shape index (κ2) is 13.9. The molecule has 0 spiro atoms. The van der Waals surface area contributed by atoms with Crippen molar-refractivity contribution in [2.75, 3.05) is 0 Å². The number of hydrogen-bond donors (Lipinski definition) is 3. The molecular formula is C31H27O3Zr. The molecular weight excluding hydrogens is 512 g/mol. The molecule has 0 radical (unpaired) electrons. The van der Waals surface area contributed by atoms with Gasteiger partial charge in [0.05, 0.1) is 0 Å². The van der Waals surface area contributed by atoms with E-state index in [0.717, 1.165) is 0 Å². The van der Waals surface area contributed by atoms with Crippen LogP contribution in [0.15, 0.2) is 140 Å². The average Bonchev–Trinajstić information content (AvgIpc) is 3.19. The fourth-order valence-electron chi connectivity index (χ4n) is 3.44. The van der Waals surface area contributed by atoms with Crippen LogP contribution in [0, 0.1) is 0 Å². The first-order valence-corrected chi connectivity index (χ1v) is 12.6. The summed E-state index contributed by atoms with van der Waals surface area (Å²) < 4.78 is 0.648. The molecule has 0 amide bonds. The molecule has 0 fully saturated rings. The van der Waals surface area contributed by atoms with Crippen LogP contribution in [0.4, 0.5) is 0 Å². The first-order chi connectivity index (χ1) is 17.1. The van der Waals surface area contributed by atoms with Crippen molar-refractivity contribution < 1.29 is 40.0 Å². The van der Waals surface area contributed by atoms with E-state index in [1.807, 2.05) is 18.2 Å². The minimum absolute atomic E-state index is 0.322. The van der Waals surface area contributed by atoms with Gasteiger partial charge in [0.15, 0.2) is 0 Å². The van der Waals surface area contributed by atoms with Gasteiger partial charge in [-0.05, 0) is 36.4 Å². The van der Waals surface area contributed by atoms with Crippen LogP contribution in [-0.4, -0.2) is 15.3 Å². The Balaban J connectivity index is 0.000000140. The van der Waals surface area contributed by atoms with E-state index >= 15 is 0 Å². The summed E-state index contributed by atoms with van der Waals surface area (Å²) in [6.45, 7) is 0. The van der Waals surface area contributed by atoms with Crippen molar-refractivity contribution in [3.8, 4) is 28.4 Å². The molecule has 1 aliphatic rings. The molecule has 3 nitrogen and oxygen atoms in total. The molecule has 0 atom stereocenters. The first kappa shape index (κ1) is 26.0. The molecule has 4 heteroatoms. The third kappa shape index (κ3) is 8.28. The van der Waals surface area contributed by atoms with Crippen molar-refractivity contribution in [2.45, 2.75) is 3.63 Å². The van der Waals surface area contributed by atoms with E-state index in [1.54, 1.807) is 97.5 Å². The normalized spacial score (nSPS) is 10.6. The van der Waals surface area contributed by atoms with Crippen LogP contribution in [-0.2, 0) is 24.7 Å². The molecule has 0 unspecified atom stereocenters. The standard InChI is InChI=1S/C13H9.3C6H6O.Zr/c1-3-7-12-10(5-1)9-11-6-2-4-8-13(11)12;3*7-6-4-2-1-3-5-6;/h1-9H;3*1-5,7H;. The molecule has 1 aliphatic carbocycles. The Morgan fingerprint density at radius 3 is 0.886 bits per heavy atom. The third-order valence-corrected chi connectivity index (χ3v) is 6.63. The van der Waals surface area contributed by atoms with Crippen molar-refractivity contribution in [1.29, 1.82) is 0 Å². The van der Waals surface area contributed by atoms with Gasteiger partial charge < -0.3 is 15.3 Å². The van der Waals surface area contributed by atoms with Crippen LogP contribution in [0.25, 0.3) is 11.1 Å². The quantitative estimate of drug-likeness (QED) is 0.192. The Labute approximate surface area is 221 Å². The zero-order chi connectivity index (χ0) is 24.9. The summed E-state index contributed by atoms with van der Waals surface area (Å²) in [6, 6.07) is 43.7. The van der Waals surface area contributed by atoms with Gasteiger partial charge in [-0.1, -0.05) is 54.6 Å². The molecule has 0 bridgehead atoms. The van der Waals surface area contributed by atoms with Gasteiger partial charge in [-0.2, -0.15) is 0 Å². The van der Waals surface area contributed by atoms with Gasteiger partial charge in [-0.15, -0.1) is 0 Å². The van der Waals surface area contributed by atoms with E-state index in [2.05, 4.69) is 48.5 Å². The van der Waals surface area contributed by atoms with Crippen molar-refractivity contribution >= 4 is 0 Å². The van der Waals surface area contributed by atoms with Crippen LogP contribution in [0.3, 0.4) is 0 Å². The van der Waals surface area contributed by atoms with Crippen LogP contribution in [0.5, 0.6) is 17.2 Å². The zero-order valence-corrected chi connectivity index (χ0v) is 21.7. The molecule has 35 heavy (non-hydrogen) atoms. The Morgan fingerprint density at radius 1 is 0.371 bits per heavy atom. The monoisotopic (exact) mass is 537 g/mol. The van der Waals surface area contributed by atoms with Crippen molar-refractivity contribution in [2.24, 2.45) is 0 Å². The predicted octanol–water partition coefficient (Wildman–Crippen LogP) is 7.48. The van der Waals surface area contributed by atoms with E-state index < -0.39 is 0 Å². The van der Waals surface area contributed by atoms with Crippen molar-refractivity contribution in [3.05, 3.63) is 151 Å². The van der Waals surface area contributed by atoms with Crippen molar-refractivity contribution in [3.63, 3.8) is 0 Å². The van der Waals surface area contributed by atoms with Crippen LogP contribution >= 0.6 is 0 Å². The summed E-state index contributed by atoms with van der Waals surface area (Å²) in [4.78, 5) is 0. The molecule has 0 heterocycles. The maximum absolute atomic E-state index is 8.63. The molecule has 3 N–H and O–H groups in total. The second-order valence-corrected chi connectivity index (χ2v) is 9.03. The SMILES string of the molecule is Oc1ccccc1.Oc1ccccc1.Oc1ccccc1.[Zr][CH]1c2ccccc2-c2ccccc21. The summed E-state index contributed by atoms with van der Waals surface area (Å²) in [5, 5.41) is 25.9. The minimum atomic E-state index is 0.322. The molecule has 173 valence electrons. The Kier molecular flexibility index (Phi) is 10.4. The number of rotatable bonds is 0. The van der Waals surface area contributed by atoms with E-state index in [4.69, 9.17) is 15.3 Å². The molecule has 0 aromatic heterocycles. The predicted molar refractivity (Wildman–Crippen MR) is 138 cm³/mol. The fourth-order valence-corrected chi connectivity index (χ4v) is 4.68.